The molecule has 1 N–H and O–H groups in total. The van der Waals surface area contributed by atoms with E-state index in [-0.39, 0.29) is 18.1 Å². The topological polar surface area (TPSA) is 96.3 Å². The molecule has 0 fully saturated rings. The summed E-state index contributed by atoms with van der Waals surface area (Å²) in [6.07, 6.45) is 7.11. The van der Waals surface area contributed by atoms with Gasteiger partial charge in [0.25, 0.3) is 0 Å². The molecular weight excluding hydrogens is 645 g/mol. The van der Waals surface area contributed by atoms with Crippen LogP contribution >= 0.6 is 11.6 Å². The Morgan fingerprint density at radius 1 is 1.06 bits per heavy atom. The van der Waals surface area contributed by atoms with E-state index < -0.39 is 12.1 Å². The maximum atomic E-state index is 14.3. The summed E-state index contributed by atoms with van der Waals surface area (Å²) >= 11 is 6.98. The van der Waals surface area contributed by atoms with Gasteiger partial charge in [0.15, 0.2) is 6.10 Å². The highest BCUT2D eigenvalue weighted by atomic mass is 35.5. The fourth-order valence-electron chi connectivity index (χ4n) is 7.05. The van der Waals surface area contributed by atoms with Crippen molar-refractivity contribution in [2.24, 2.45) is 14.1 Å². The van der Waals surface area contributed by atoms with Crippen LogP contribution in [0.1, 0.15) is 56.9 Å². The van der Waals surface area contributed by atoms with Gasteiger partial charge in [-0.2, -0.15) is 10.2 Å². The van der Waals surface area contributed by atoms with E-state index in [1.165, 1.54) is 12.1 Å². The highest BCUT2D eigenvalue weighted by molar-refractivity contribution is 6.35. The van der Waals surface area contributed by atoms with E-state index in [0.29, 0.717) is 76.7 Å². The Balaban J connectivity index is 1.40. The number of nitrogens with zero attached hydrogens (tertiary/aromatic N) is 5. The van der Waals surface area contributed by atoms with E-state index in [1.54, 1.807) is 23.7 Å². The number of fused-ring (bicyclic) bond motifs is 8. The zero-order valence-corrected chi connectivity index (χ0v) is 28.4. The Morgan fingerprint density at radius 2 is 1.88 bits per heavy atom. The molecule has 4 heterocycles. The smallest absolute Gasteiger partial charge is 0.352 e. The van der Waals surface area contributed by atoms with Gasteiger partial charge in [-0.25, -0.2) is 9.18 Å². The van der Waals surface area contributed by atoms with Crippen LogP contribution in [0.4, 0.5) is 4.39 Å². The maximum Gasteiger partial charge on any atom is 0.352 e. The molecule has 3 aromatic heterocycles. The van der Waals surface area contributed by atoms with Gasteiger partial charge in [0, 0.05) is 64.5 Å². The molecule has 6 aromatic rings. The lowest BCUT2D eigenvalue weighted by Crippen LogP contribution is -2.12. The molecular formula is C38H35ClFN5O4. The van der Waals surface area contributed by atoms with Gasteiger partial charge < -0.3 is 19.1 Å². The molecule has 0 radical (unpaired) electrons. The molecule has 11 heteroatoms. The highest BCUT2D eigenvalue weighted by Crippen LogP contribution is 2.44. The third kappa shape index (κ3) is 5.73. The molecule has 7 rings (SSSR count). The minimum absolute atomic E-state index is 0.140. The second kappa shape index (κ2) is 12.7. The van der Waals surface area contributed by atoms with Crippen molar-refractivity contribution in [1.82, 2.24) is 24.1 Å². The normalized spacial score (nSPS) is 15.5. The van der Waals surface area contributed by atoms with Crippen molar-refractivity contribution >= 4 is 39.2 Å². The number of halogens is 2. The summed E-state index contributed by atoms with van der Waals surface area (Å²) in [5.41, 5.74) is 6.85. The molecule has 3 aromatic carbocycles. The minimum atomic E-state index is -1.05. The van der Waals surface area contributed by atoms with Crippen molar-refractivity contribution < 1.29 is 23.8 Å². The molecule has 8 bridgehead atoms. The molecule has 49 heavy (non-hydrogen) atoms. The number of aromatic carboxylic acids is 1. The van der Waals surface area contributed by atoms with Crippen LogP contribution in [0.15, 0.2) is 48.5 Å². The first-order chi connectivity index (χ1) is 23.5. The minimum Gasteiger partial charge on any atom is -0.493 e. The number of rotatable bonds is 1. The van der Waals surface area contributed by atoms with Gasteiger partial charge in [0.05, 0.1) is 18.9 Å². The SMILES string of the molecule is C#CC1OCc2cc(n(C)n2)CCc2cc(c3ccc(F)cc3c2)OCCCn2c(C(=O)O)c(C)c3c(c(Cl)ccc32)-c2c1nn(C)c2C. The average Bonchev–Trinajstić information content (AvgIpc) is 3.67. The van der Waals surface area contributed by atoms with E-state index in [4.69, 9.17) is 32.6 Å². The lowest BCUT2D eigenvalue weighted by molar-refractivity contribution is 0.0684. The van der Waals surface area contributed by atoms with Gasteiger partial charge >= 0.3 is 5.97 Å². The van der Waals surface area contributed by atoms with Gasteiger partial charge in [-0.05, 0) is 92.1 Å². The Hall–Kier alpha value is -5.11. The van der Waals surface area contributed by atoms with Crippen LogP contribution in [0.2, 0.25) is 5.02 Å². The first-order valence-electron chi connectivity index (χ1n) is 16.1. The maximum absolute atomic E-state index is 14.3. The molecule has 0 aliphatic carbocycles. The number of aryl methyl sites for hydroxylation is 6. The average molecular weight is 680 g/mol. The zero-order chi connectivity index (χ0) is 34.6. The Labute approximate surface area is 287 Å². The van der Waals surface area contributed by atoms with E-state index in [9.17, 15) is 14.3 Å². The van der Waals surface area contributed by atoms with Crippen molar-refractivity contribution in [2.75, 3.05) is 6.61 Å². The second-order valence-corrected chi connectivity index (χ2v) is 12.9. The van der Waals surface area contributed by atoms with Crippen molar-refractivity contribution in [2.45, 2.75) is 52.4 Å². The van der Waals surface area contributed by atoms with E-state index in [0.717, 1.165) is 33.2 Å². The van der Waals surface area contributed by atoms with Crippen molar-refractivity contribution in [3.8, 4) is 29.2 Å². The lowest BCUT2D eigenvalue weighted by Gasteiger charge is -2.15. The summed E-state index contributed by atoms with van der Waals surface area (Å²) in [4.78, 5) is 12.8. The van der Waals surface area contributed by atoms with Crippen molar-refractivity contribution in [3.63, 3.8) is 0 Å². The van der Waals surface area contributed by atoms with Crippen molar-refractivity contribution in [1.29, 1.82) is 0 Å². The van der Waals surface area contributed by atoms with Crippen LogP contribution in [0.5, 0.6) is 5.75 Å². The third-order valence-corrected chi connectivity index (χ3v) is 9.77. The van der Waals surface area contributed by atoms with Gasteiger partial charge in [-0.15, -0.1) is 6.42 Å². The number of hydrogen-bond acceptors (Lipinski definition) is 5. The third-order valence-electron chi connectivity index (χ3n) is 9.45. The predicted molar refractivity (Wildman–Crippen MR) is 187 cm³/mol. The fraction of sp³-hybridized carbons (Fsp3) is 0.289. The van der Waals surface area contributed by atoms with E-state index >= 15 is 0 Å². The van der Waals surface area contributed by atoms with Crippen molar-refractivity contribution in [3.05, 3.63) is 99.0 Å². The van der Waals surface area contributed by atoms with Crippen LogP contribution in [-0.4, -0.2) is 41.8 Å². The van der Waals surface area contributed by atoms with E-state index in [2.05, 4.69) is 11.0 Å². The highest BCUT2D eigenvalue weighted by Gasteiger charge is 2.29. The lowest BCUT2D eigenvalue weighted by atomic mass is 9.95. The molecule has 0 spiro atoms. The Bertz CT molecular complexity index is 2330. The largest absolute Gasteiger partial charge is 0.493 e. The van der Waals surface area contributed by atoms with Crippen LogP contribution in [0.25, 0.3) is 32.8 Å². The molecule has 1 atom stereocenters. The molecule has 9 nitrogen and oxygen atoms in total. The first kappa shape index (κ1) is 32.4. The quantitative estimate of drug-likeness (QED) is 0.181. The molecule has 1 unspecified atom stereocenters. The monoisotopic (exact) mass is 679 g/mol. The number of carboxylic acids is 1. The number of ether oxygens (including phenoxy) is 2. The molecule has 250 valence electrons. The summed E-state index contributed by atoms with van der Waals surface area (Å²) in [7, 11) is 3.72. The summed E-state index contributed by atoms with van der Waals surface area (Å²) in [5.74, 6) is 2.04. The number of hydrogen-bond donors (Lipinski definition) is 1. The van der Waals surface area contributed by atoms with Gasteiger partial charge in [0.2, 0.25) is 0 Å². The molecule has 0 saturated carbocycles. The molecule has 1 aliphatic heterocycles. The summed E-state index contributed by atoms with van der Waals surface area (Å²) in [6, 6.07) is 14.3. The Kier molecular flexibility index (Phi) is 8.43. The van der Waals surface area contributed by atoms with Crippen LogP contribution < -0.4 is 4.74 Å². The summed E-state index contributed by atoms with van der Waals surface area (Å²) in [6.45, 7) is 4.55. The number of benzene rings is 3. The van der Waals surface area contributed by atoms with Gasteiger partial charge in [0.1, 0.15) is 23.0 Å². The predicted octanol–water partition coefficient (Wildman–Crippen LogP) is 7.49. The zero-order valence-electron chi connectivity index (χ0n) is 27.7. The number of aromatic nitrogens is 5. The summed E-state index contributed by atoms with van der Waals surface area (Å²) in [5, 5.41) is 22.6. The molecule has 1 aliphatic rings. The second-order valence-electron chi connectivity index (χ2n) is 12.5. The number of carbonyl (C=O) groups is 1. The fourth-order valence-corrected chi connectivity index (χ4v) is 7.30. The standard InChI is InChI=1S/C38H35ClFN5O4/c1-6-31-36-34(22(3)43(4)42-36)35-29(39)12-13-30-33(35)21(2)37(38(46)47)45(30)14-7-15-48-32-17-23(16-24-18-25(40)9-11-28(24)32)8-10-27-19-26(20-49-31)41-44(27)5/h1,9,11-13,16-19,31H,7-8,10,14-15,20H2,2-5H3,(H,46,47). The van der Waals surface area contributed by atoms with E-state index in [1.807, 2.05) is 54.5 Å². The molecule has 0 saturated heterocycles. The van der Waals surface area contributed by atoms with Gasteiger partial charge in [-0.1, -0.05) is 23.6 Å². The summed E-state index contributed by atoms with van der Waals surface area (Å²) < 4.78 is 32.4. The first-order valence-corrected chi connectivity index (χ1v) is 16.5. The van der Waals surface area contributed by atoms with Crippen LogP contribution in [0, 0.1) is 32.0 Å². The Morgan fingerprint density at radius 3 is 2.65 bits per heavy atom. The van der Waals surface area contributed by atoms with Crippen LogP contribution in [-0.2, 0) is 44.8 Å². The molecule has 0 amide bonds. The number of terminal acetylenes is 1. The number of carboxylic acid groups (broad SMARTS) is 1. The van der Waals surface area contributed by atoms with Gasteiger partial charge in [-0.3, -0.25) is 9.36 Å². The van der Waals surface area contributed by atoms with Crippen LogP contribution in [0.3, 0.4) is 0 Å².